The van der Waals surface area contributed by atoms with Crippen LogP contribution in [0.4, 0.5) is 4.79 Å². The minimum absolute atomic E-state index is 0.190. The van der Waals surface area contributed by atoms with Gasteiger partial charge in [-0.25, -0.2) is 9.59 Å². The number of nitrogens with one attached hydrogen (secondary N) is 1. The quantitative estimate of drug-likeness (QED) is 0.396. The van der Waals surface area contributed by atoms with Crippen molar-refractivity contribution in [2.75, 3.05) is 26.9 Å². The van der Waals surface area contributed by atoms with Gasteiger partial charge < -0.3 is 29.4 Å². The fourth-order valence-corrected chi connectivity index (χ4v) is 1.95. The fourth-order valence-electron chi connectivity index (χ4n) is 1.95. The molecule has 0 fully saturated rings. The van der Waals surface area contributed by atoms with Crippen molar-refractivity contribution in [1.82, 2.24) is 5.32 Å². The van der Waals surface area contributed by atoms with Gasteiger partial charge in [-0.15, -0.1) is 0 Å². The zero-order chi connectivity index (χ0) is 20.2. The molecule has 0 aliphatic rings. The van der Waals surface area contributed by atoms with Crippen molar-refractivity contribution in [1.29, 1.82) is 0 Å². The van der Waals surface area contributed by atoms with Crippen LogP contribution in [-0.2, 0) is 23.7 Å². The number of carbonyl (C=O) groups excluding carboxylic acids is 2. The maximum Gasteiger partial charge on any atom is 0.408 e. The number of unbranched alkanes of at least 4 members (excludes halogenated alkanes) is 1. The first kappa shape index (κ1) is 24.6. The van der Waals surface area contributed by atoms with Crippen molar-refractivity contribution in [3.8, 4) is 0 Å². The number of aliphatic hydroxyl groups excluding tert-OH is 1. The first-order valence-electron chi connectivity index (χ1n) is 9.05. The van der Waals surface area contributed by atoms with Gasteiger partial charge in [0.1, 0.15) is 17.7 Å². The third-order valence-electron chi connectivity index (χ3n) is 3.38. The number of hydrogen-bond acceptors (Lipinski definition) is 7. The lowest BCUT2D eigenvalue weighted by molar-refractivity contribution is -0.143. The molecule has 8 nitrogen and oxygen atoms in total. The van der Waals surface area contributed by atoms with E-state index in [2.05, 4.69) is 12.2 Å². The molecule has 0 aromatic carbocycles. The summed E-state index contributed by atoms with van der Waals surface area (Å²) < 4.78 is 20.9. The number of alkyl carbamates (subject to hydrolysis) is 1. The molecule has 0 saturated carbocycles. The maximum atomic E-state index is 11.8. The predicted octanol–water partition coefficient (Wildman–Crippen LogP) is 2.03. The molecule has 26 heavy (non-hydrogen) atoms. The molecular weight excluding hydrogens is 342 g/mol. The Morgan fingerprint density at radius 3 is 2.35 bits per heavy atom. The van der Waals surface area contributed by atoms with Crippen LogP contribution in [0.15, 0.2) is 0 Å². The summed E-state index contributed by atoms with van der Waals surface area (Å²) in [5.74, 6) is -0.578. The minimum Gasteiger partial charge on any atom is -0.467 e. The molecule has 0 aromatic heterocycles. The Balaban J connectivity index is 4.39. The topological polar surface area (TPSA) is 103 Å². The first-order chi connectivity index (χ1) is 12.1. The number of rotatable bonds is 12. The van der Waals surface area contributed by atoms with Gasteiger partial charge in [0.15, 0.2) is 0 Å². The molecule has 3 atom stereocenters. The van der Waals surface area contributed by atoms with Crippen molar-refractivity contribution in [2.45, 2.75) is 77.7 Å². The molecule has 0 heterocycles. The van der Waals surface area contributed by atoms with E-state index in [1.807, 2.05) is 0 Å². The molecule has 0 unspecified atom stereocenters. The Kier molecular flexibility index (Phi) is 12.2. The van der Waals surface area contributed by atoms with E-state index < -0.39 is 35.9 Å². The van der Waals surface area contributed by atoms with Crippen LogP contribution in [0.1, 0.15) is 53.9 Å². The van der Waals surface area contributed by atoms with Crippen molar-refractivity contribution in [3.63, 3.8) is 0 Å². The molecule has 1 amide bonds. The van der Waals surface area contributed by atoms with Crippen molar-refractivity contribution in [2.24, 2.45) is 0 Å². The smallest absolute Gasteiger partial charge is 0.408 e. The summed E-state index contributed by atoms with van der Waals surface area (Å²) in [4.78, 5) is 23.6. The van der Waals surface area contributed by atoms with Crippen LogP contribution >= 0.6 is 0 Å². The average molecular weight is 377 g/mol. The molecule has 154 valence electrons. The summed E-state index contributed by atoms with van der Waals surface area (Å²) >= 11 is 0. The third kappa shape index (κ3) is 12.1. The lowest BCUT2D eigenvalue weighted by Crippen LogP contribution is -2.44. The molecule has 2 N–H and O–H groups in total. The number of aliphatic hydroxyl groups is 1. The zero-order valence-electron chi connectivity index (χ0n) is 16.9. The van der Waals surface area contributed by atoms with E-state index in [4.69, 9.17) is 18.9 Å². The number of hydrogen-bond donors (Lipinski definition) is 2. The van der Waals surface area contributed by atoms with Crippen LogP contribution in [0.2, 0.25) is 0 Å². The van der Waals surface area contributed by atoms with Gasteiger partial charge in [0.2, 0.25) is 0 Å². The van der Waals surface area contributed by atoms with Crippen molar-refractivity contribution in [3.05, 3.63) is 0 Å². The summed E-state index contributed by atoms with van der Waals surface area (Å²) in [6.45, 7) is 9.84. The van der Waals surface area contributed by atoms with Gasteiger partial charge in [0.25, 0.3) is 0 Å². The van der Waals surface area contributed by atoms with Gasteiger partial charge in [-0.05, 0) is 34.1 Å². The van der Waals surface area contributed by atoms with E-state index in [1.54, 1.807) is 27.7 Å². The normalized spacial score (nSPS) is 15.0. The van der Waals surface area contributed by atoms with Crippen molar-refractivity contribution < 1.29 is 33.6 Å². The summed E-state index contributed by atoms with van der Waals surface area (Å²) in [7, 11) is 1.25. The van der Waals surface area contributed by atoms with Crippen molar-refractivity contribution >= 4 is 12.1 Å². The van der Waals surface area contributed by atoms with Crippen LogP contribution in [-0.4, -0.2) is 68.0 Å². The van der Waals surface area contributed by atoms with Gasteiger partial charge in [-0.1, -0.05) is 13.3 Å². The van der Waals surface area contributed by atoms with Crippen LogP contribution in [0.5, 0.6) is 0 Å². The molecule has 0 aliphatic heterocycles. The van der Waals surface area contributed by atoms with E-state index in [9.17, 15) is 14.7 Å². The second-order valence-corrected chi connectivity index (χ2v) is 7.09. The average Bonchev–Trinajstić information content (AvgIpc) is 2.53. The Morgan fingerprint density at radius 1 is 1.19 bits per heavy atom. The third-order valence-corrected chi connectivity index (χ3v) is 3.38. The summed E-state index contributed by atoms with van der Waals surface area (Å²) in [5.41, 5.74) is -0.665. The molecule has 0 rings (SSSR count). The molecule has 0 spiro atoms. The number of methoxy groups -OCH3 is 1. The lowest BCUT2D eigenvalue weighted by atomic mass is 10.2. The van der Waals surface area contributed by atoms with Crippen LogP contribution in [0.3, 0.4) is 0 Å². The number of carbonyl (C=O) groups is 2. The van der Waals surface area contributed by atoms with Gasteiger partial charge in [0, 0.05) is 19.6 Å². The molecule has 0 aliphatic carbocycles. The summed E-state index contributed by atoms with van der Waals surface area (Å²) in [6.07, 6.45) is 0.337. The Bertz CT molecular complexity index is 407. The van der Waals surface area contributed by atoms with E-state index in [-0.39, 0.29) is 19.6 Å². The molecule has 8 heteroatoms. The van der Waals surface area contributed by atoms with Crippen LogP contribution in [0, 0.1) is 0 Å². The lowest BCUT2D eigenvalue weighted by Gasteiger charge is -2.23. The monoisotopic (exact) mass is 377 g/mol. The highest BCUT2D eigenvalue weighted by Gasteiger charge is 2.25. The Hall–Kier alpha value is -1.38. The predicted molar refractivity (Wildman–Crippen MR) is 96.9 cm³/mol. The fraction of sp³-hybridized carbons (Fsp3) is 0.889. The first-order valence-corrected chi connectivity index (χ1v) is 9.05. The highest BCUT2D eigenvalue weighted by atomic mass is 16.6. The number of amides is 1. The number of ether oxygens (including phenoxy) is 4. The highest BCUT2D eigenvalue weighted by molar-refractivity contribution is 5.81. The van der Waals surface area contributed by atoms with Crippen LogP contribution in [0.25, 0.3) is 0 Å². The molecule has 0 radical (unpaired) electrons. The van der Waals surface area contributed by atoms with Gasteiger partial charge >= 0.3 is 12.1 Å². The molecule has 0 bridgehead atoms. The Labute approximate surface area is 156 Å². The summed E-state index contributed by atoms with van der Waals surface area (Å²) in [6, 6.07) is -0.874. The van der Waals surface area contributed by atoms with E-state index in [0.29, 0.717) is 6.61 Å². The standard InChI is InChI=1S/C18H35NO7/c1-7-8-10-25-15(13(2)20)12-24-11-9-14(16(21)23-6)19-17(22)26-18(3,4)5/h13-15,20H,7-12H2,1-6H3,(H,19,22)/t13-,14-,15+/m0/s1. The molecule has 0 aromatic rings. The van der Waals surface area contributed by atoms with E-state index in [1.165, 1.54) is 7.11 Å². The van der Waals surface area contributed by atoms with Gasteiger partial charge in [-0.3, -0.25) is 0 Å². The van der Waals surface area contributed by atoms with Gasteiger partial charge in [0.05, 0.1) is 19.8 Å². The SMILES string of the molecule is CCCCO[C@H](COCC[C@H](NC(=O)OC(C)(C)C)C(=O)OC)[C@H](C)O. The molecular formula is C18H35NO7. The van der Waals surface area contributed by atoms with Gasteiger partial charge in [-0.2, -0.15) is 0 Å². The number of esters is 1. The Morgan fingerprint density at radius 2 is 1.85 bits per heavy atom. The second-order valence-electron chi connectivity index (χ2n) is 7.09. The molecule has 0 saturated heterocycles. The van der Waals surface area contributed by atoms with E-state index >= 15 is 0 Å². The van der Waals surface area contributed by atoms with Crippen LogP contribution < -0.4 is 5.32 Å². The largest absolute Gasteiger partial charge is 0.467 e. The maximum absolute atomic E-state index is 11.8. The second kappa shape index (κ2) is 12.9. The summed E-state index contributed by atoms with van der Waals surface area (Å²) in [5, 5.41) is 12.2. The zero-order valence-corrected chi connectivity index (χ0v) is 16.9. The van der Waals surface area contributed by atoms with E-state index in [0.717, 1.165) is 12.8 Å². The minimum atomic E-state index is -0.874. The highest BCUT2D eigenvalue weighted by Crippen LogP contribution is 2.08.